The molecule has 584 valence electrons. The summed E-state index contributed by atoms with van der Waals surface area (Å²) >= 11 is 0. The fourth-order valence-corrected chi connectivity index (χ4v) is 11.8. The molecule has 0 atom stereocenters. The number of amides is 2. The number of carbonyl (C=O) groups is 8. The summed E-state index contributed by atoms with van der Waals surface area (Å²) in [4.78, 5) is 90.3. The fourth-order valence-electron chi connectivity index (χ4n) is 11.8. The van der Waals surface area contributed by atoms with E-state index in [0.717, 1.165) is 172 Å². The summed E-state index contributed by atoms with van der Waals surface area (Å²) in [5, 5.41) is 45.5. The number of quaternary nitrogens is 4. The summed E-state index contributed by atoms with van der Waals surface area (Å²) in [5.74, 6) is -1.45. The van der Waals surface area contributed by atoms with Gasteiger partial charge in [0.15, 0.2) is 0 Å². The van der Waals surface area contributed by atoms with Gasteiger partial charge < -0.3 is 53.8 Å². The van der Waals surface area contributed by atoms with Crippen LogP contribution in [0.5, 0.6) is 0 Å². The first kappa shape index (κ1) is 99.6. The molecule has 0 aromatic rings. The van der Waals surface area contributed by atoms with E-state index in [1.807, 2.05) is 28.2 Å². The van der Waals surface area contributed by atoms with Crippen LogP contribution in [0.1, 0.15) is 328 Å². The molecule has 0 spiro atoms. The number of hydroxylamine groups is 3. The molecule has 4 N–H and O–H groups in total. The summed E-state index contributed by atoms with van der Waals surface area (Å²) in [6, 6.07) is 0. The molecule has 0 saturated heterocycles. The zero-order valence-corrected chi connectivity index (χ0v) is 66.2. The van der Waals surface area contributed by atoms with Crippen LogP contribution in [0.4, 0.5) is 0 Å². The summed E-state index contributed by atoms with van der Waals surface area (Å²) in [6.07, 6.45) is 65.7. The van der Waals surface area contributed by atoms with Crippen molar-refractivity contribution in [3.05, 3.63) is 36.5 Å². The van der Waals surface area contributed by atoms with Crippen molar-refractivity contribution in [2.24, 2.45) is 0 Å². The highest BCUT2D eigenvalue weighted by atomic mass is 16.5. The number of hydrogen-bond acceptors (Lipinski definition) is 11. The van der Waals surface area contributed by atoms with Gasteiger partial charge in [0.2, 0.25) is 11.8 Å². The Morgan fingerprint density at radius 2 is 0.560 bits per heavy atom. The lowest BCUT2D eigenvalue weighted by molar-refractivity contribution is -1.07. The Labute approximate surface area is 612 Å². The standard InChI is InChI=1S/C32H61N3O4.C31H59N3O5.C19H34O3/c1-34(2,3)27-21-20-24-30(36)23-18-16-14-12-10-8-6-7-9-11-13-15-17-19-25-31(37)33-26-22-28-35(4,5)29-32(38)39;1-33(2,28-31(37)38)26-21-25-32-30(36)24-18-16-14-12-10-8-6-5-7-9-11-13-15-17-22-29(35)23-19-20-27-34(3,4)39;1-18(20)16-14-12-10-8-6-4-2-3-5-7-9-11-13-15-17-19(21)22/h6-7H,8-29H2,1-5H3;5-6,39H,7-28H2,1-4H3;2-3H,4-17H2,1H3,(H,21,22)/p+2/b7-6+;6-5+;3-2+. The van der Waals surface area contributed by atoms with Gasteiger partial charge in [-0.3, -0.25) is 24.0 Å². The maximum Gasteiger partial charge on any atom is 0.303 e. The molecule has 0 aliphatic heterocycles. The first-order valence-corrected chi connectivity index (χ1v) is 40.1. The third kappa shape index (κ3) is 89.5. The van der Waals surface area contributed by atoms with Crippen LogP contribution < -0.4 is 20.8 Å². The largest absolute Gasteiger partial charge is 0.544 e. The number of ketones is 3. The van der Waals surface area contributed by atoms with Crippen molar-refractivity contribution in [1.29, 1.82) is 0 Å². The highest BCUT2D eigenvalue weighted by Gasteiger charge is 2.17. The van der Waals surface area contributed by atoms with Crippen LogP contribution in [0.3, 0.4) is 0 Å². The van der Waals surface area contributed by atoms with Gasteiger partial charge in [-0.1, -0.05) is 152 Å². The van der Waals surface area contributed by atoms with E-state index in [9.17, 15) is 53.8 Å². The molecule has 0 heterocycles. The minimum Gasteiger partial charge on any atom is -0.544 e. The van der Waals surface area contributed by atoms with Gasteiger partial charge in [0.1, 0.15) is 37.0 Å². The monoisotopic (exact) mass is 1420 g/mol. The zero-order chi connectivity index (χ0) is 75.3. The molecule has 0 saturated carbocycles. The molecular formula is C82H156N6O12+2. The quantitative estimate of drug-likeness (QED) is 0.0192. The molecule has 0 fully saturated rings. The molecule has 18 nitrogen and oxygen atoms in total. The van der Waals surface area contributed by atoms with Crippen molar-refractivity contribution in [3.63, 3.8) is 0 Å². The van der Waals surface area contributed by atoms with Crippen molar-refractivity contribution in [2.45, 2.75) is 328 Å². The van der Waals surface area contributed by atoms with Crippen LogP contribution in [-0.4, -0.2) is 191 Å². The number of aliphatic carboxylic acids is 3. The topological polar surface area (TPSA) is 247 Å². The number of nitrogens with zero attached hydrogens (tertiary/aromatic N) is 4. The van der Waals surface area contributed by atoms with Crippen molar-refractivity contribution in [1.82, 2.24) is 10.6 Å². The predicted molar refractivity (Wildman–Crippen MR) is 408 cm³/mol. The van der Waals surface area contributed by atoms with Crippen molar-refractivity contribution < 1.29 is 77.0 Å². The van der Waals surface area contributed by atoms with Crippen LogP contribution in [-0.2, 0) is 38.4 Å². The maximum atomic E-state index is 12.0. The Hall–Kier alpha value is -4.62. The fraction of sp³-hybridized carbons (Fsp3) is 0.829. The molecule has 0 aliphatic carbocycles. The first-order valence-electron chi connectivity index (χ1n) is 40.1. The van der Waals surface area contributed by atoms with Gasteiger partial charge in [0, 0.05) is 77.3 Å². The number of carbonyl (C=O) groups excluding carboxylic acids is 7. The number of rotatable bonds is 70. The minimum atomic E-state index is -1.05. The lowest BCUT2D eigenvalue weighted by atomic mass is 10.0. The molecule has 2 amide bonds. The summed E-state index contributed by atoms with van der Waals surface area (Å²) in [6.45, 7) is 6.07. The van der Waals surface area contributed by atoms with E-state index in [0.29, 0.717) is 91.1 Å². The van der Waals surface area contributed by atoms with E-state index in [1.165, 1.54) is 128 Å². The average molecular weight is 1420 g/mol. The lowest BCUT2D eigenvalue weighted by Gasteiger charge is -2.30. The average Bonchev–Trinajstić information content (AvgIpc) is 0.961. The van der Waals surface area contributed by atoms with Crippen LogP contribution >= 0.6 is 0 Å². The highest BCUT2D eigenvalue weighted by molar-refractivity contribution is 5.79. The number of likely N-dealkylation sites (N-methyl/N-ethyl adjacent to an activating group) is 2. The van der Waals surface area contributed by atoms with Gasteiger partial charge in [0.05, 0.1) is 95.0 Å². The number of carboxylic acid groups (broad SMARTS) is 3. The lowest BCUT2D eigenvalue weighted by Crippen LogP contribution is -2.49. The van der Waals surface area contributed by atoms with Gasteiger partial charge in [-0.25, -0.2) is 5.21 Å². The van der Waals surface area contributed by atoms with Crippen molar-refractivity contribution in [3.8, 4) is 0 Å². The van der Waals surface area contributed by atoms with E-state index in [4.69, 9.17) is 5.11 Å². The molecule has 0 rings (SSSR count). The Bertz CT molecular complexity index is 1980. The Balaban J connectivity index is -0.00000147. The third-order valence-corrected chi connectivity index (χ3v) is 17.9. The molecule has 0 aliphatic rings. The molecule has 0 aromatic heterocycles. The van der Waals surface area contributed by atoms with Crippen LogP contribution in [0, 0.1) is 0 Å². The van der Waals surface area contributed by atoms with Gasteiger partial charge >= 0.3 is 5.97 Å². The Kier molecular flexibility index (Phi) is 68.5. The van der Waals surface area contributed by atoms with E-state index < -0.39 is 17.9 Å². The summed E-state index contributed by atoms with van der Waals surface area (Å²) in [7, 11) is 17.5. The summed E-state index contributed by atoms with van der Waals surface area (Å²) < 4.78 is 1.69. The second kappa shape index (κ2) is 68.8. The Morgan fingerprint density at radius 3 is 0.830 bits per heavy atom. The summed E-state index contributed by atoms with van der Waals surface area (Å²) in [5.41, 5.74) is 0. The second-order valence-electron chi connectivity index (χ2n) is 31.5. The minimum absolute atomic E-state index is 0.00705. The Morgan fingerprint density at radius 1 is 0.310 bits per heavy atom. The van der Waals surface area contributed by atoms with Crippen LogP contribution in [0.25, 0.3) is 0 Å². The first-order chi connectivity index (χ1) is 47.4. The van der Waals surface area contributed by atoms with Gasteiger partial charge in [0.25, 0.3) is 0 Å². The molecule has 0 unspecified atom stereocenters. The number of unbranched alkanes of at least 4 members (excludes halogenated alkanes) is 32. The molecule has 0 aromatic carbocycles. The molecule has 18 heteroatoms. The normalized spacial score (nSPS) is 12.0. The van der Waals surface area contributed by atoms with Gasteiger partial charge in [-0.05, 0) is 148 Å². The van der Waals surface area contributed by atoms with E-state index in [1.54, 1.807) is 21.0 Å². The van der Waals surface area contributed by atoms with E-state index >= 15 is 0 Å². The molecular weight excluding hydrogens is 1260 g/mol. The number of carboxylic acids is 3. The molecule has 0 radical (unpaired) electrons. The highest BCUT2D eigenvalue weighted by Crippen LogP contribution is 2.16. The van der Waals surface area contributed by atoms with E-state index in [2.05, 4.69) is 68.2 Å². The van der Waals surface area contributed by atoms with Gasteiger partial charge in [-0.2, -0.15) is 4.65 Å². The maximum absolute atomic E-state index is 12.0. The smallest absolute Gasteiger partial charge is 0.303 e. The number of hydrogen-bond donors (Lipinski definition) is 4. The van der Waals surface area contributed by atoms with Crippen LogP contribution in [0.15, 0.2) is 36.5 Å². The van der Waals surface area contributed by atoms with Crippen LogP contribution in [0.2, 0.25) is 0 Å². The number of Topliss-reactive ketones (excluding diaryl/α,β-unsaturated/α-hetero) is 3. The van der Waals surface area contributed by atoms with Crippen molar-refractivity contribution >= 4 is 47.1 Å². The number of nitrogens with one attached hydrogen (secondary N) is 2. The molecule has 0 bridgehead atoms. The third-order valence-electron chi connectivity index (χ3n) is 17.9. The number of allylic oxidation sites excluding steroid dienone is 6. The zero-order valence-electron chi connectivity index (χ0n) is 66.2. The second-order valence-corrected chi connectivity index (χ2v) is 31.5. The van der Waals surface area contributed by atoms with Crippen molar-refractivity contribution in [2.75, 3.05) is 116 Å². The molecule has 100 heavy (non-hydrogen) atoms. The van der Waals surface area contributed by atoms with E-state index in [-0.39, 0.29) is 29.6 Å². The van der Waals surface area contributed by atoms with Gasteiger partial charge in [-0.15, -0.1) is 0 Å². The predicted octanol–water partition coefficient (Wildman–Crippen LogP) is 15.0. The SMILES string of the molecule is CC(=O)CCCCCCC/C=C/CCCCCCCC(=O)O.C[N+](C)(C)CCCCC(=O)CCCCCCC/C=C/CCCCCCCC(=O)NCCC[N+](C)(C)CC(=O)[O-].C[N+](C)(O)CCCCC(=O)CCCCCCC/C=C/CCCCCCCC(=O)NCCC[N+](C)(C)CC(=O)[O-].